The smallest absolute Gasteiger partial charge is 0.0745 e. The molecule has 1 heterocycles. The number of hydrazine groups is 1. The van der Waals surface area contributed by atoms with Gasteiger partial charge in [0.05, 0.1) is 11.1 Å². The molecule has 60 valence electrons. The molecule has 0 spiro atoms. The van der Waals surface area contributed by atoms with Crippen LogP contribution in [0.5, 0.6) is 0 Å². The predicted molar refractivity (Wildman–Crippen MR) is 49.6 cm³/mol. The molecule has 0 aliphatic rings. The Labute approximate surface area is 74.6 Å². The molecule has 4 heteroatoms. The first-order valence-corrected chi connectivity index (χ1v) is 4.37. The molecule has 0 aliphatic heterocycles. The molecule has 1 aromatic rings. The van der Waals surface area contributed by atoms with Crippen LogP contribution in [0.2, 0.25) is 5.02 Å². The molecule has 1 atom stereocenters. The number of rotatable bonds is 3. The monoisotopic (exact) mass is 188 g/mol. The van der Waals surface area contributed by atoms with E-state index in [0.29, 0.717) is 0 Å². The molecule has 0 radical (unpaired) electrons. The number of halogens is 1. The highest BCUT2D eigenvalue weighted by atomic mass is 35.5. The van der Waals surface area contributed by atoms with Crippen LogP contribution >= 0.6 is 22.9 Å². The van der Waals surface area contributed by atoms with Crippen molar-refractivity contribution < 1.29 is 0 Å². The molecule has 0 bridgehead atoms. The van der Waals surface area contributed by atoms with Crippen LogP contribution in [0.4, 0.5) is 0 Å². The first-order chi connectivity index (χ1) is 5.29. The summed E-state index contributed by atoms with van der Waals surface area (Å²) < 4.78 is 0. The van der Waals surface area contributed by atoms with Crippen molar-refractivity contribution in [2.24, 2.45) is 5.84 Å². The lowest BCUT2D eigenvalue weighted by molar-refractivity contribution is 0.667. The molecule has 2 nitrogen and oxygen atoms in total. The van der Waals surface area contributed by atoms with Gasteiger partial charge in [0.2, 0.25) is 0 Å². The summed E-state index contributed by atoms with van der Waals surface area (Å²) in [5, 5.41) is 2.66. The molecule has 1 unspecified atom stereocenters. The first-order valence-electron chi connectivity index (χ1n) is 3.11. The van der Waals surface area contributed by atoms with Gasteiger partial charge in [-0.2, -0.15) is 0 Å². The minimum atomic E-state index is -0.0394. The van der Waals surface area contributed by atoms with Crippen molar-refractivity contribution in [1.29, 1.82) is 0 Å². The zero-order valence-corrected chi connectivity index (χ0v) is 7.45. The van der Waals surface area contributed by atoms with Crippen molar-refractivity contribution in [3.8, 4) is 0 Å². The van der Waals surface area contributed by atoms with Crippen molar-refractivity contribution in [2.75, 3.05) is 0 Å². The maximum atomic E-state index is 5.86. The molecular formula is C7H9ClN2S. The Morgan fingerprint density at radius 3 is 2.91 bits per heavy atom. The van der Waals surface area contributed by atoms with E-state index in [1.54, 1.807) is 17.4 Å². The normalized spacial score (nSPS) is 12.9. The largest absolute Gasteiger partial charge is 0.271 e. The number of nitrogens with two attached hydrogens (primary N) is 1. The van der Waals surface area contributed by atoms with E-state index in [9.17, 15) is 0 Å². The number of hydrogen-bond donors (Lipinski definition) is 2. The average Bonchev–Trinajstić information content (AvgIpc) is 2.40. The lowest BCUT2D eigenvalue weighted by Crippen LogP contribution is -2.25. The van der Waals surface area contributed by atoms with Crippen molar-refractivity contribution >= 4 is 22.9 Å². The molecular weight excluding hydrogens is 180 g/mol. The molecule has 0 fully saturated rings. The second kappa shape index (κ2) is 3.88. The summed E-state index contributed by atoms with van der Waals surface area (Å²) >= 11 is 7.42. The van der Waals surface area contributed by atoms with E-state index in [2.05, 4.69) is 12.0 Å². The van der Waals surface area contributed by atoms with Gasteiger partial charge in [0.25, 0.3) is 0 Å². The maximum absolute atomic E-state index is 5.86. The molecule has 11 heavy (non-hydrogen) atoms. The van der Waals surface area contributed by atoms with Gasteiger partial charge in [-0.25, -0.2) is 5.43 Å². The summed E-state index contributed by atoms with van der Waals surface area (Å²) in [5.41, 5.74) is 2.60. The third-order valence-corrected chi connectivity index (χ3v) is 2.78. The van der Waals surface area contributed by atoms with E-state index >= 15 is 0 Å². The van der Waals surface area contributed by atoms with Crippen LogP contribution in [-0.4, -0.2) is 0 Å². The molecule has 0 aliphatic carbocycles. The van der Waals surface area contributed by atoms with Gasteiger partial charge in [0, 0.05) is 4.88 Å². The molecule has 0 saturated heterocycles. The Morgan fingerprint density at radius 1 is 1.82 bits per heavy atom. The van der Waals surface area contributed by atoms with Gasteiger partial charge >= 0.3 is 0 Å². The molecule has 3 N–H and O–H groups in total. The topological polar surface area (TPSA) is 38.0 Å². The van der Waals surface area contributed by atoms with E-state index < -0.39 is 0 Å². The molecule has 0 aromatic carbocycles. The minimum Gasteiger partial charge on any atom is -0.271 e. The second-order valence-corrected chi connectivity index (χ2v) is 3.37. The fourth-order valence-corrected chi connectivity index (χ4v) is 2.01. The van der Waals surface area contributed by atoms with Crippen LogP contribution < -0.4 is 11.3 Å². The highest BCUT2D eigenvalue weighted by molar-refractivity contribution is 7.10. The zero-order valence-electron chi connectivity index (χ0n) is 5.88. The Hall–Kier alpha value is -0.350. The second-order valence-electron chi connectivity index (χ2n) is 2.01. The quantitative estimate of drug-likeness (QED) is 0.433. The SMILES string of the molecule is C=CC(NN)c1sccc1Cl. The van der Waals surface area contributed by atoms with Crippen LogP contribution in [-0.2, 0) is 0 Å². The lowest BCUT2D eigenvalue weighted by atomic mass is 10.2. The van der Waals surface area contributed by atoms with Gasteiger partial charge in [-0.1, -0.05) is 17.7 Å². The van der Waals surface area contributed by atoms with E-state index in [1.165, 1.54) is 0 Å². The van der Waals surface area contributed by atoms with E-state index in [1.807, 2.05) is 11.4 Å². The summed E-state index contributed by atoms with van der Waals surface area (Å²) in [4.78, 5) is 1.00. The summed E-state index contributed by atoms with van der Waals surface area (Å²) in [6.45, 7) is 3.63. The van der Waals surface area contributed by atoms with Crippen LogP contribution in [0.15, 0.2) is 24.1 Å². The fourth-order valence-electron chi connectivity index (χ4n) is 0.778. The minimum absolute atomic E-state index is 0.0394. The van der Waals surface area contributed by atoms with Gasteiger partial charge in [0.1, 0.15) is 0 Å². The Morgan fingerprint density at radius 2 is 2.55 bits per heavy atom. The molecule has 1 aromatic heterocycles. The number of thiophene rings is 1. The average molecular weight is 189 g/mol. The van der Waals surface area contributed by atoms with Crippen molar-refractivity contribution in [1.82, 2.24) is 5.43 Å². The number of hydrogen-bond acceptors (Lipinski definition) is 3. The first kappa shape index (κ1) is 8.74. The lowest BCUT2D eigenvalue weighted by Gasteiger charge is -2.08. The van der Waals surface area contributed by atoms with Crippen molar-refractivity contribution in [3.63, 3.8) is 0 Å². The summed E-state index contributed by atoms with van der Waals surface area (Å²) in [7, 11) is 0. The van der Waals surface area contributed by atoms with E-state index in [-0.39, 0.29) is 6.04 Å². The van der Waals surface area contributed by atoms with Gasteiger partial charge in [-0.3, -0.25) is 5.84 Å². The van der Waals surface area contributed by atoms with E-state index in [0.717, 1.165) is 9.90 Å². The van der Waals surface area contributed by atoms with Gasteiger partial charge in [0.15, 0.2) is 0 Å². The van der Waals surface area contributed by atoms with Gasteiger partial charge in [-0.05, 0) is 11.4 Å². The van der Waals surface area contributed by atoms with Crippen LogP contribution in [0.3, 0.4) is 0 Å². The predicted octanol–water partition coefficient (Wildman–Crippen LogP) is 2.09. The van der Waals surface area contributed by atoms with Gasteiger partial charge < -0.3 is 0 Å². The molecule has 0 amide bonds. The third-order valence-electron chi connectivity index (χ3n) is 1.34. The fraction of sp³-hybridized carbons (Fsp3) is 0.143. The third kappa shape index (κ3) is 1.81. The highest BCUT2D eigenvalue weighted by Crippen LogP contribution is 2.28. The summed E-state index contributed by atoms with van der Waals surface area (Å²) in [6.07, 6.45) is 1.72. The van der Waals surface area contributed by atoms with E-state index in [4.69, 9.17) is 17.4 Å². The Bertz CT molecular complexity index is 246. The van der Waals surface area contributed by atoms with Gasteiger partial charge in [-0.15, -0.1) is 17.9 Å². The number of nitrogens with one attached hydrogen (secondary N) is 1. The Kier molecular flexibility index (Phi) is 3.08. The highest BCUT2D eigenvalue weighted by Gasteiger charge is 2.09. The van der Waals surface area contributed by atoms with Crippen molar-refractivity contribution in [3.05, 3.63) is 34.0 Å². The van der Waals surface area contributed by atoms with Crippen molar-refractivity contribution in [2.45, 2.75) is 6.04 Å². The summed E-state index contributed by atoms with van der Waals surface area (Å²) in [5.74, 6) is 5.27. The van der Waals surface area contributed by atoms with Crippen LogP contribution in [0, 0.1) is 0 Å². The maximum Gasteiger partial charge on any atom is 0.0745 e. The molecule has 1 rings (SSSR count). The summed E-state index contributed by atoms with van der Waals surface area (Å²) in [6, 6.07) is 1.80. The van der Waals surface area contributed by atoms with Crippen LogP contribution in [0.1, 0.15) is 10.9 Å². The molecule has 0 saturated carbocycles. The zero-order chi connectivity index (χ0) is 8.27. The van der Waals surface area contributed by atoms with Crippen LogP contribution in [0.25, 0.3) is 0 Å². The Balaban J connectivity index is 2.89. The standard InChI is InChI=1S/C7H9ClN2S/c1-2-6(10-9)7-5(8)3-4-11-7/h2-4,6,10H,1,9H2.